The molecule has 0 saturated heterocycles. The molecule has 0 heterocycles. The number of halogens is 1. The van der Waals surface area contributed by atoms with Crippen LogP contribution >= 0.6 is 15.9 Å². The normalized spacial score (nSPS) is 9.65. The van der Waals surface area contributed by atoms with Crippen LogP contribution in [0.25, 0.3) is 4.85 Å². The highest BCUT2D eigenvalue weighted by Gasteiger charge is 2.15. The molecule has 0 unspecified atom stereocenters. The van der Waals surface area contributed by atoms with Gasteiger partial charge in [-0.3, -0.25) is 4.79 Å². The van der Waals surface area contributed by atoms with Crippen LogP contribution < -0.4 is 0 Å². The van der Waals surface area contributed by atoms with Crippen molar-refractivity contribution in [2.45, 2.75) is 0 Å². The Morgan fingerprint density at radius 3 is 2.41 bits per heavy atom. The fourth-order valence-corrected chi connectivity index (χ4v) is 2.01. The van der Waals surface area contributed by atoms with Gasteiger partial charge in [-0.15, -0.1) is 0 Å². The third kappa shape index (κ3) is 2.27. The standard InChI is InChI=1S/C14H8BrNO/c1-16-13-11(8-5-9-12(13)15)14(17)10-6-3-2-4-7-10/h2-9H. The van der Waals surface area contributed by atoms with Crippen LogP contribution in [0.15, 0.2) is 53.0 Å². The van der Waals surface area contributed by atoms with Gasteiger partial charge in [0.2, 0.25) is 5.69 Å². The van der Waals surface area contributed by atoms with Gasteiger partial charge in [0, 0.05) is 15.6 Å². The summed E-state index contributed by atoms with van der Waals surface area (Å²) in [4.78, 5) is 15.6. The van der Waals surface area contributed by atoms with Gasteiger partial charge in [-0.2, -0.15) is 0 Å². The molecular weight excluding hydrogens is 278 g/mol. The molecule has 0 N–H and O–H groups in total. The largest absolute Gasteiger partial charge is 0.290 e. The van der Waals surface area contributed by atoms with Crippen molar-refractivity contribution < 1.29 is 4.79 Å². The molecule has 2 aromatic carbocycles. The molecule has 0 aliphatic rings. The smallest absolute Gasteiger partial charge is 0.212 e. The average molecular weight is 286 g/mol. The number of nitrogens with zero attached hydrogens (tertiary/aromatic N) is 1. The lowest BCUT2D eigenvalue weighted by Crippen LogP contribution is -2.01. The molecule has 0 saturated carbocycles. The van der Waals surface area contributed by atoms with Crippen LogP contribution in [-0.2, 0) is 0 Å². The van der Waals surface area contributed by atoms with E-state index in [1.54, 1.807) is 30.3 Å². The molecule has 0 atom stereocenters. The summed E-state index contributed by atoms with van der Waals surface area (Å²) in [6.45, 7) is 7.12. The van der Waals surface area contributed by atoms with E-state index in [0.717, 1.165) is 0 Å². The van der Waals surface area contributed by atoms with Crippen LogP contribution in [0.5, 0.6) is 0 Å². The molecular formula is C14H8BrNO. The second-order valence-electron chi connectivity index (χ2n) is 3.44. The van der Waals surface area contributed by atoms with Gasteiger partial charge >= 0.3 is 0 Å². The van der Waals surface area contributed by atoms with Crippen molar-refractivity contribution in [1.82, 2.24) is 0 Å². The maximum atomic E-state index is 12.2. The fraction of sp³-hybridized carbons (Fsp3) is 0. The predicted molar refractivity (Wildman–Crippen MR) is 70.3 cm³/mol. The van der Waals surface area contributed by atoms with Crippen LogP contribution in [0.1, 0.15) is 15.9 Å². The summed E-state index contributed by atoms with van der Waals surface area (Å²) in [7, 11) is 0. The molecule has 0 spiro atoms. The minimum Gasteiger partial charge on any atom is -0.290 e. The first-order valence-electron chi connectivity index (χ1n) is 5.00. The molecule has 0 bridgehead atoms. The fourth-order valence-electron chi connectivity index (χ4n) is 1.56. The summed E-state index contributed by atoms with van der Waals surface area (Å²) in [6, 6.07) is 14.2. The quantitative estimate of drug-likeness (QED) is 0.598. The lowest BCUT2D eigenvalue weighted by Gasteiger charge is -2.04. The third-order valence-electron chi connectivity index (χ3n) is 2.38. The molecule has 0 aliphatic carbocycles. The summed E-state index contributed by atoms with van der Waals surface area (Å²) < 4.78 is 0.647. The van der Waals surface area contributed by atoms with Gasteiger partial charge in [0.1, 0.15) is 0 Å². The van der Waals surface area contributed by atoms with Gasteiger partial charge in [0.25, 0.3) is 0 Å². The van der Waals surface area contributed by atoms with Crippen molar-refractivity contribution in [1.29, 1.82) is 0 Å². The molecule has 0 amide bonds. The minimum atomic E-state index is -0.127. The van der Waals surface area contributed by atoms with Crippen LogP contribution in [-0.4, -0.2) is 5.78 Å². The van der Waals surface area contributed by atoms with E-state index in [4.69, 9.17) is 6.57 Å². The van der Waals surface area contributed by atoms with Crippen LogP contribution in [0, 0.1) is 6.57 Å². The number of rotatable bonds is 2. The van der Waals surface area contributed by atoms with E-state index < -0.39 is 0 Å². The second kappa shape index (κ2) is 4.94. The number of para-hydroxylation sites is 1. The molecule has 2 rings (SSSR count). The number of carbonyl (C=O) groups is 1. The Bertz CT molecular complexity index is 599. The number of hydrogen-bond acceptors (Lipinski definition) is 1. The second-order valence-corrected chi connectivity index (χ2v) is 4.30. The predicted octanol–water partition coefficient (Wildman–Crippen LogP) is 4.23. The summed E-state index contributed by atoms with van der Waals surface area (Å²) in [5.74, 6) is -0.127. The highest BCUT2D eigenvalue weighted by molar-refractivity contribution is 9.10. The Hall–Kier alpha value is -1.92. The molecule has 3 heteroatoms. The Labute approximate surface area is 108 Å². The Morgan fingerprint density at radius 2 is 1.76 bits per heavy atom. The lowest BCUT2D eigenvalue weighted by atomic mass is 10.0. The van der Waals surface area contributed by atoms with Gasteiger partial charge in [-0.25, -0.2) is 4.85 Å². The SMILES string of the molecule is [C-]#[N+]c1c(Br)cccc1C(=O)c1ccccc1. The first-order valence-corrected chi connectivity index (χ1v) is 5.79. The van der Waals surface area contributed by atoms with Crippen molar-refractivity contribution >= 4 is 27.4 Å². The van der Waals surface area contributed by atoms with Crippen molar-refractivity contribution in [2.24, 2.45) is 0 Å². The van der Waals surface area contributed by atoms with E-state index in [1.807, 2.05) is 18.2 Å². The van der Waals surface area contributed by atoms with Gasteiger partial charge in [-0.05, 0) is 0 Å². The number of benzene rings is 2. The zero-order chi connectivity index (χ0) is 12.3. The summed E-state index contributed by atoms with van der Waals surface area (Å²) in [5, 5.41) is 0. The summed E-state index contributed by atoms with van der Waals surface area (Å²) >= 11 is 3.28. The highest BCUT2D eigenvalue weighted by atomic mass is 79.9. The summed E-state index contributed by atoms with van der Waals surface area (Å²) in [5.41, 5.74) is 1.39. The van der Waals surface area contributed by atoms with Crippen LogP contribution in [0.2, 0.25) is 0 Å². The van der Waals surface area contributed by atoms with Gasteiger partial charge in [-0.1, -0.05) is 64.5 Å². The van der Waals surface area contributed by atoms with Crippen LogP contribution in [0.4, 0.5) is 5.69 Å². The molecule has 2 aromatic rings. The molecule has 17 heavy (non-hydrogen) atoms. The zero-order valence-corrected chi connectivity index (χ0v) is 10.4. The topological polar surface area (TPSA) is 21.4 Å². The monoisotopic (exact) mass is 285 g/mol. The Balaban J connectivity index is 2.53. The van der Waals surface area contributed by atoms with Gasteiger partial charge < -0.3 is 0 Å². The van der Waals surface area contributed by atoms with Crippen LogP contribution in [0.3, 0.4) is 0 Å². The Kier molecular flexibility index (Phi) is 3.36. The van der Waals surface area contributed by atoms with E-state index >= 15 is 0 Å². The number of ketones is 1. The van der Waals surface area contributed by atoms with E-state index in [0.29, 0.717) is 21.3 Å². The highest BCUT2D eigenvalue weighted by Crippen LogP contribution is 2.30. The lowest BCUT2D eigenvalue weighted by molar-refractivity contribution is 0.103. The number of hydrogen-bond donors (Lipinski definition) is 0. The number of carbonyl (C=O) groups excluding carboxylic acids is 1. The van der Waals surface area contributed by atoms with Crippen molar-refractivity contribution in [3.05, 3.63) is 75.5 Å². The molecule has 0 aromatic heterocycles. The minimum absolute atomic E-state index is 0.127. The molecule has 0 aliphatic heterocycles. The molecule has 82 valence electrons. The van der Waals surface area contributed by atoms with Crippen molar-refractivity contribution in [2.75, 3.05) is 0 Å². The summed E-state index contributed by atoms with van der Waals surface area (Å²) in [6.07, 6.45) is 0. The average Bonchev–Trinajstić information content (AvgIpc) is 2.38. The third-order valence-corrected chi connectivity index (χ3v) is 3.02. The van der Waals surface area contributed by atoms with E-state index in [-0.39, 0.29) is 5.78 Å². The zero-order valence-electron chi connectivity index (χ0n) is 8.85. The Morgan fingerprint density at radius 1 is 1.06 bits per heavy atom. The van der Waals surface area contributed by atoms with E-state index in [9.17, 15) is 4.79 Å². The van der Waals surface area contributed by atoms with E-state index in [2.05, 4.69) is 20.8 Å². The van der Waals surface area contributed by atoms with Crippen molar-refractivity contribution in [3.8, 4) is 0 Å². The van der Waals surface area contributed by atoms with Gasteiger partial charge in [0.05, 0.1) is 6.57 Å². The first-order chi connectivity index (χ1) is 8.24. The maximum absolute atomic E-state index is 12.2. The molecule has 0 fully saturated rings. The molecule has 0 radical (unpaired) electrons. The van der Waals surface area contributed by atoms with Crippen molar-refractivity contribution in [3.63, 3.8) is 0 Å². The first kappa shape index (κ1) is 11.6. The van der Waals surface area contributed by atoms with E-state index in [1.165, 1.54) is 0 Å². The van der Waals surface area contributed by atoms with Gasteiger partial charge in [0.15, 0.2) is 5.78 Å². The maximum Gasteiger partial charge on any atom is 0.212 e. The molecule has 2 nitrogen and oxygen atoms in total.